The Balaban J connectivity index is 2.03. The van der Waals surface area contributed by atoms with E-state index in [9.17, 15) is 4.79 Å². The quantitative estimate of drug-likeness (QED) is 0.807. The Hall–Kier alpha value is -2.95. The fraction of sp³-hybridized carbons (Fsp3) is 0.118. The van der Waals surface area contributed by atoms with Gasteiger partial charge in [-0.05, 0) is 24.3 Å². The summed E-state index contributed by atoms with van der Waals surface area (Å²) in [5.41, 5.74) is 4.42. The van der Waals surface area contributed by atoms with Crippen LogP contribution in [0.2, 0.25) is 0 Å². The van der Waals surface area contributed by atoms with Crippen LogP contribution in [0.5, 0.6) is 0 Å². The van der Waals surface area contributed by atoms with Crippen molar-refractivity contribution in [1.29, 1.82) is 0 Å². The Labute approximate surface area is 128 Å². The molecule has 1 amide bonds. The molecule has 3 rings (SSSR count). The molecule has 3 aromatic rings. The lowest BCUT2D eigenvalue weighted by atomic mass is 10.0. The second kappa shape index (κ2) is 5.81. The van der Waals surface area contributed by atoms with Crippen LogP contribution in [0.4, 0.5) is 0 Å². The van der Waals surface area contributed by atoms with Crippen LogP contribution in [0, 0.1) is 0 Å². The number of hydrogen-bond donors (Lipinski definition) is 1. The molecule has 0 aliphatic heterocycles. The standard InChI is InChI=1S/C17H16N4O/c1-18-17(22)14-6-8-19-15(11-14)12-4-3-5-13(10-12)16-7-9-20-21(16)2/h3-11H,1-2H3,(H,18,22). The molecule has 0 fully saturated rings. The minimum absolute atomic E-state index is 0.119. The Bertz CT molecular complexity index is 823. The average Bonchev–Trinajstić information content (AvgIpc) is 3.00. The number of carbonyl (C=O) groups excluding carboxylic acids is 1. The van der Waals surface area contributed by atoms with Crippen molar-refractivity contribution in [2.45, 2.75) is 0 Å². The lowest BCUT2D eigenvalue weighted by molar-refractivity contribution is 0.0963. The fourth-order valence-corrected chi connectivity index (χ4v) is 2.37. The predicted molar refractivity (Wildman–Crippen MR) is 85.3 cm³/mol. The van der Waals surface area contributed by atoms with Gasteiger partial charge in [-0.2, -0.15) is 5.10 Å². The van der Waals surface area contributed by atoms with Crippen molar-refractivity contribution in [2.24, 2.45) is 7.05 Å². The van der Waals surface area contributed by atoms with E-state index in [4.69, 9.17) is 0 Å². The van der Waals surface area contributed by atoms with Crippen molar-refractivity contribution in [2.75, 3.05) is 7.05 Å². The van der Waals surface area contributed by atoms with Crippen molar-refractivity contribution >= 4 is 5.91 Å². The molecule has 0 saturated carbocycles. The van der Waals surface area contributed by atoms with Crippen LogP contribution in [0.3, 0.4) is 0 Å². The van der Waals surface area contributed by atoms with Crippen LogP contribution in [0.25, 0.3) is 22.5 Å². The van der Waals surface area contributed by atoms with Crippen LogP contribution < -0.4 is 5.32 Å². The number of aryl methyl sites for hydroxylation is 1. The maximum atomic E-state index is 11.7. The van der Waals surface area contributed by atoms with E-state index in [0.717, 1.165) is 22.5 Å². The topological polar surface area (TPSA) is 59.8 Å². The van der Waals surface area contributed by atoms with Crippen molar-refractivity contribution in [3.8, 4) is 22.5 Å². The van der Waals surface area contributed by atoms with Crippen molar-refractivity contribution in [3.05, 3.63) is 60.4 Å². The van der Waals surface area contributed by atoms with E-state index in [1.807, 2.05) is 42.1 Å². The summed E-state index contributed by atoms with van der Waals surface area (Å²) in [5, 5.41) is 6.81. The lowest BCUT2D eigenvalue weighted by Crippen LogP contribution is -2.17. The number of aromatic nitrogens is 3. The van der Waals surface area contributed by atoms with E-state index in [1.54, 1.807) is 31.6 Å². The number of benzene rings is 1. The van der Waals surface area contributed by atoms with Gasteiger partial charge in [0.1, 0.15) is 0 Å². The van der Waals surface area contributed by atoms with Crippen LogP contribution >= 0.6 is 0 Å². The molecule has 1 N–H and O–H groups in total. The molecule has 1 aromatic carbocycles. The molecular weight excluding hydrogens is 276 g/mol. The largest absolute Gasteiger partial charge is 0.355 e. The zero-order valence-corrected chi connectivity index (χ0v) is 12.4. The number of nitrogens with zero attached hydrogens (tertiary/aromatic N) is 3. The van der Waals surface area contributed by atoms with Crippen molar-refractivity contribution in [3.63, 3.8) is 0 Å². The van der Waals surface area contributed by atoms with E-state index in [2.05, 4.69) is 15.4 Å². The zero-order chi connectivity index (χ0) is 15.5. The summed E-state index contributed by atoms with van der Waals surface area (Å²) in [6, 6.07) is 13.5. The summed E-state index contributed by atoms with van der Waals surface area (Å²) >= 11 is 0. The van der Waals surface area contributed by atoms with Gasteiger partial charge in [-0.1, -0.05) is 18.2 Å². The highest BCUT2D eigenvalue weighted by atomic mass is 16.1. The Morgan fingerprint density at radius 3 is 2.64 bits per heavy atom. The van der Waals surface area contributed by atoms with Gasteiger partial charge in [0.05, 0.1) is 11.4 Å². The molecule has 2 heterocycles. The monoisotopic (exact) mass is 292 g/mol. The summed E-state index contributed by atoms with van der Waals surface area (Å²) in [4.78, 5) is 16.1. The van der Waals surface area contributed by atoms with Gasteiger partial charge in [-0.25, -0.2) is 0 Å². The minimum atomic E-state index is -0.119. The Morgan fingerprint density at radius 2 is 1.91 bits per heavy atom. The van der Waals surface area contributed by atoms with Gasteiger partial charge in [0.25, 0.3) is 5.91 Å². The molecule has 0 spiro atoms. The lowest BCUT2D eigenvalue weighted by Gasteiger charge is -2.07. The smallest absolute Gasteiger partial charge is 0.251 e. The third-order valence-corrected chi connectivity index (χ3v) is 3.52. The number of nitrogens with one attached hydrogen (secondary N) is 1. The molecule has 0 aliphatic rings. The Kier molecular flexibility index (Phi) is 3.70. The molecule has 0 aliphatic carbocycles. The number of rotatable bonds is 3. The summed E-state index contributed by atoms with van der Waals surface area (Å²) in [7, 11) is 3.53. The maximum Gasteiger partial charge on any atom is 0.251 e. The summed E-state index contributed by atoms with van der Waals surface area (Å²) < 4.78 is 1.83. The van der Waals surface area contributed by atoms with E-state index in [-0.39, 0.29) is 5.91 Å². The highest BCUT2D eigenvalue weighted by Gasteiger charge is 2.08. The van der Waals surface area contributed by atoms with Crippen LogP contribution in [0.15, 0.2) is 54.9 Å². The first kappa shape index (κ1) is 14.0. The molecule has 22 heavy (non-hydrogen) atoms. The van der Waals surface area contributed by atoms with Crippen molar-refractivity contribution < 1.29 is 4.79 Å². The van der Waals surface area contributed by atoms with E-state index in [1.165, 1.54) is 0 Å². The summed E-state index contributed by atoms with van der Waals surface area (Å²) in [6.07, 6.45) is 3.42. The number of hydrogen-bond acceptors (Lipinski definition) is 3. The number of amides is 1. The van der Waals surface area contributed by atoms with E-state index < -0.39 is 0 Å². The minimum Gasteiger partial charge on any atom is -0.355 e. The van der Waals surface area contributed by atoms with Gasteiger partial charge in [0.15, 0.2) is 0 Å². The summed E-state index contributed by atoms with van der Waals surface area (Å²) in [5.74, 6) is -0.119. The molecule has 5 nitrogen and oxygen atoms in total. The van der Waals surface area contributed by atoms with Gasteiger partial charge in [0, 0.05) is 43.2 Å². The average molecular weight is 292 g/mol. The molecule has 0 radical (unpaired) electrons. The SMILES string of the molecule is CNC(=O)c1ccnc(-c2cccc(-c3ccnn3C)c2)c1. The van der Waals surface area contributed by atoms with Crippen LogP contribution in [-0.4, -0.2) is 27.7 Å². The second-order valence-electron chi connectivity index (χ2n) is 4.93. The normalized spacial score (nSPS) is 10.5. The molecule has 5 heteroatoms. The molecule has 0 bridgehead atoms. The zero-order valence-electron chi connectivity index (χ0n) is 12.4. The number of carbonyl (C=O) groups is 1. The third-order valence-electron chi connectivity index (χ3n) is 3.52. The van der Waals surface area contributed by atoms with Gasteiger partial charge >= 0.3 is 0 Å². The first-order chi connectivity index (χ1) is 10.7. The first-order valence-corrected chi connectivity index (χ1v) is 6.96. The van der Waals surface area contributed by atoms with Gasteiger partial charge in [0.2, 0.25) is 0 Å². The highest BCUT2D eigenvalue weighted by molar-refractivity contribution is 5.94. The Morgan fingerprint density at radius 1 is 1.09 bits per heavy atom. The summed E-state index contributed by atoms with van der Waals surface area (Å²) in [6.45, 7) is 0. The molecule has 0 atom stereocenters. The van der Waals surface area contributed by atoms with E-state index >= 15 is 0 Å². The first-order valence-electron chi connectivity index (χ1n) is 6.96. The maximum absolute atomic E-state index is 11.7. The van der Waals surface area contributed by atoms with Gasteiger partial charge < -0.3 is 5.32 Å². The molecule has 110 valence electrons. The highest BCUT2D eigenvalue weighted by Crippen LogP contribution is 2.25. The van der Waals surface area contributed by atoms with Crippen LogP contribution in [-0.2, 0) is 7.05 Å². The molecule has 0 saturated heterocycles. The molecular formula is C17H16N4O. The van der Waals surface area contributed by atoms with Gasteiger partial charge in [-0.15, -0.1) is 0 Å². The third kappa shape index (κ3) is 2.61. The fourth-order valence-electron chi connectivity index (χ4n) is 2.37. The van der Waals surface area contributed by atoms with Crippen molar-refractivity contribution in [1.82, 2.24) is 20.1 Å². The van der Waals surface area contributed by atoms with Gasteiger partial charge in [-0.3, -0.25) is 14.5 Å². The van der Waals surface area contributed by atoms with Crippen LogP contribution in [0.1, 0.15) is 10.4 Å². The second-order valence-corrected chi connectivity index (χ2v) is 4.93. The number of pyridine rings is 1. The molecule has 2 aromatic heterocycles. The molecule has 0 unspecified atom stereocenters. The van der Waals surface area contributed by atoms with E-state index in [0.29, 0.717) is 5.56 Å². The predicted octanol–water partition coefficient (Wildman–Crippen LogP) is 2.51.